The first kappa shape index (κ1) is 11.5. The minimum absolute atomic E-state index is 0.190. The summed E-state index contributed by atoms with van der Waals surface area (Å²) in [5.74, 6) is -4.18. The van der Waals surface area contributed by atoms with Gasteiger partial charge in [0.05, 0.1) is 5.54 Å². The Kier molecular flexibility index (Phi) is 2.95. The molecule has 0 N–H and O–H groups in total. The molecule has 1 aromatic carbocycles. The molecule has 0 aromatic heterocycles. The number of isocyanates is 1. The number of rotatable bonds is 2. The van der Waals surface area contributed by atoms with Crippen molar-refractivity contribution in [1.82, 2.24) is 0 Å². The quantitative estimate of drug-likeness (QED) is 0.423. The van der Waals surface area contributed by atoms with Gasteiger partial charge in [0.25, 0.3) is 0 Å². The molecule has 0 bridgehead atoms. The lowest BCUT2D eigenvalue weighted by Gasteiger charge is -2.18. The van der Waals surface area contributed by atoms with Crippen LogP contribution in [-0.4, -0.2) is 6.08 Å². The van der Waals surface area contributed by atoms with Crippen molar-refractivity contribution in [2.45, 2.75) is 19.4 Å². The zero-order valence-electron chi connectivity index (χ0n) is 8.14. The van der Waals surface area contributed by atoms with Gasteiger partial charge in [0, 0.05) is 5.56 Å². The summed E-state index contributed by atoms with van der Waals surface area (Å²) in [7, 11) is 0. The summed E-state index contributed by atoms with van der Waals surface area (Å²) in [4.78, 5) is 13.4. The SMILES string of the molecule is CC(C)(N=C=O)c1ccc(F)c(F)c1F. The first-order chi connectivity index (χ1) is 6.90. The molecule has 15 heavy (non-hydrogen) atoms. The van der Waals surface area contributed by atoms with E-state index < -0.39 is 23.0 Å². The highest BCUT2D eigenvalue weighted by Crippen LogP contribution is 2.28. The van der Waals surface area contributed by atoms with E-state index in [0.717, 1.165) is 12.1 Å². The molecule has 1 rings (SSSR count). The maximum atomic E-state index is 13.3. The Balaban J connectivity index is 3.39. The van der Waals surface area contributed by atoms with E-state index >= 15 is 0 Å². The molecule has 0 aliphatic heterocycles. The van der Waals surface area contributed by atoms with Gasteiger partial charge in [-0.05, 0) is 19.9 Å². The van der Waals surface area contributed by atoms with E-state index in [1.165, 1.54) is 19.9 Å². The molecule has 0 atom stereocenters. The first-order valence-corrected chi connectivity index (χ1v) is 4.13. The van der Waals surface area contributed by atoms with Gasteiger partial charge in [-0.1, -0.05) is 6.07 Å². The van der Waals surface area contributed by atoms with Crippen LogP contribution in [0.15, 0.2) is 17.1 Å². The average molecular weight is 215 g/mol. The van der Waals surface area contributed by atoms with Crippen molar-refractivity contribution < 1.29 is 18.0 Å². The molecule has 0 unspecified atom stereocenters. The Morgan fingerprint density at radius 1 is 1.20 bits per heavy atom. The molecule has 0 fully saturated rings. The van der Waals surface area contributed by atoms with Gasteiger partial charge in [-0.3, -0.25) is 0 Å². The van der Waals surface area contributed by atoms with Gasteiger partial charge in [-0.25, -0.2) is 18.0 Å². The molecule has 0 spiro atoms. The van der Waals surface area contributed by atoms with Gasteiger partial charge in [-0.2, -0.15) is 4.99 Å². The molecule has 0 saturated carbocycles. The van der Waals surface area contributed by atoms with Crippen molar-refractivity contribution in [3.8, 4) is 0 Å². The Morgan fingerprint density at radius 3 is 2.33 bits per heavy atom. The third-order valence-corrected chi connectivity index (χ3v) is 2.02. The van der Waals surface area contributed by atoms with E-state index in [0.29, 0.717) is 0 Å². The maximum absolute atomic E-state index is 13.3. The summed E-state index contributed by atoms with van der Waals surface area (Å²) in [6, 6.07) is 1.84. The normalized spacial score (nSPS) is 11.0. The van der Waals surface area contributed by atoms with Crippen molar-refractivity contribution in [3.05, 3.63) is 35.1 Å². The molecule has 2 nitrogen and oxygen atoms in total. The van der Waals surface area contributed by atoms with Crippen LogP contribution >= 0.6 is 0 Å². The molecule has 0 saturated heterocycles. The molecule has 0 amide bonds. The second kappa shape index (κ2) is 3.87. The molecular formula is C10H8F3NO. The Hall–Kier alpha value is -1.61. The lowest BCUT2D eigenvalue weighted by Crippen LogP contribution is -2.17. The fourth-order valence-corrected chi connectivity index (χ4v) is 1.17. The van der Waals surface area contributed by atoms with Crippen LogP contribution in [0.2, 0.25) is 0 Å². The second-order valence-electron chi connectivity index (χ2n) is 3.49. The van der Waals surface area contributed by atoms with Crippen molar-refractivity contribution >= 4 is 6.08 Å². The monoisotopic (exact) mass is 215 g/mol. The molecule has 1 aromatic rings. The average Bonchev–Trinajstić information content (AvgIpc) is 2.13. The minimum atomic E-state index is -1.57. The lowest BCUT2D eigenvalue weighted by atomic mass is 9.94. The summed E-state index contributed by atoms with van der Waals surface area (Å²) in [5.41, 5.74) is -1.45. The molecular weight excluding hydrogens is 207 g/mol. The third kappa shape index (κ3) is 2.07. The minimum Gasteiger partial charge on any atom is -0.211 e. The summed E-state index contributed by atoms with van der Waals surface area (Å²) in [6.07, 6.45) is 1.26. The van der Waals surface area contributed by atoms with Crippen LogP contribution in [0.1, 0.15) is 19.4 Å². The Bertz CT molecular complexity index is 437. The first-order valence-electron chi connectivity index (χ1n) is 4.13. The zero-order chi connectivity index (χ0) is 11.6. The number of hydrogen-bond donors (Lipinski definition) is 0. The number of halogens is 3. The van der Waals surface area contributed by atoms with Gasteiger partial charge in [0.15, 0.2) is 17.5 Å². The third-order valence-electron chi connectivity index (χ3n) is 2.02. The van der Waals surface area contributed by atoms with Crippen LogP contribution in [0.3, 0.4) is 0 Å². The fraction of sp³-hybridized carbons (Fsp3) is 0.300. The largest absolute Gasteiger partial charge is 0.235 e. The summed E-state index contributed by atoms with van der Waals surface area (Å²) in [5, 5.41) is 0. The molecule has 0 aliphatic carbocycles. The van der Waals surface area contributed by atoms with Gasteiger partial charge >= 0.3 is 0 Å². The van der Waals surface area contributed by atoms with Gasteiger partial charge < -0.3 is 0 Å². The van der Waals surface area contributed by atoms with E-state index in [4.69, 9.17) is 0 Å². The van der Waals surface area contributed by atoms with E-state index in [9.17, 15) is 18.0 Å². The smallest absolute Gasteiger partial charge is 0.211 e. The lowest BCUT2D eigenvalue weighted by molar-refractivity contribution is 0.418. The van der Waals surface area contributed by atoms with Crippen LogP contribution in [-0.2, 0) is 10.3 Å². The second-order valence-corrected chi connectivity index (χ2v) is 3.49. The number of aliphatic imine (C=N–C) groups is 1. The number of hydrogen-bond acceptors (Lipinski definition) is 2. The van der Waals surface area contributed by atoms with Gasteiger partial charge in [0.1, 0.15) is 0 Å². The highest BCUT2D eigenvalue weighted by molar-refractivity contribution is 5.38. The van der Waals surface area contributed by atoms with E-state index in [1.807, 2.05) is 0 Å². The van der Waals surface area contributed by atoms with E-state index in [1.54, 1.807) is 0 Å². The predicted octanol–water partition coefficient (Wildman–Crippen LogP) is 2.67. The van der Waals surface area contributed by atoms with Crippen LogP contribution in [0, 0.1) is 17.5 Å². The summed E-state index contributed by atoms with van der Waals surface area (Å²) in [6.45, 7) is 2.79. The number of benzene rings is 1. The Labute approximate surface area is 84.4 Å². The van der Waals surface area contributed by atoms with Crippen LogP contribution in [0.25, 0.3) is 0 Å². The van der Waals surface area contributed by atoms with Crippen LogP contribution in [0.4, 0.5) is 13.2 Å². The highest BCUT2D eigenvalue weighted by Gasteiger charge is 2.26. The number of nitrogens with zero attached hydrogens (tertiary/aromatic N) is 1. The Morgan fingerprint density at radius 2 is 1.80 bits per heavy atom. The van der Waals surface area contributed by atoms with Crippen molar-refractivity contribution in [3.63, 3.8) is 0 Å². The highest BCUT2D eigenvalue weighted by atomic mass is 19.2. The molecule has 5 heteroatoms. The maximum Gasteiger partial charge on any atom is 0.235 e. The topological polar surface area (TPSA) is 29.4 Å². The summed E-state index contributed by atoms with van der Waals surface area (Å²) >= 11 is 0. The molecule has 80 valence electrons. The standard InChI is InChI=1S/C10H8F3NO/c1-10(2,14-5-15)6-3-4-7(11)9(13)8(6)12/h3-4H,1-2H3. The van der Waals surface area contributed by atoms with Gasteiger partial charge in [-0.15, -0.1) is 0 Å². The van der Waals surface area contributed by atoms with Crippen LogP contribution in [0.5, 0.6) is 0 Å². The van der Waals surface area contributed by atoms with Crippen molar-refractivity contribution in [2.24, 2.45) is 4.99 Å². The summed E-state index contributed by atoms with van der Waals surface area (Å²) < 4.78 is 38.8. The van der Waals surface area contributed by atoms with Crippen molar-refractivity contribution in [1.29, 1.82) is 0 Å². The number of carbonyl (C=O) groups excluding carboxylic acids is 1. The molecule has 0 aliphatic rings. The molecule has 0 heterocycles. The zero-order valence-corrected chi connectivity index (χ0v) is 8.14. The predicted molar refractivity (Wildman–Crippen MR) is 47.5 cm³/mol. The van der Waals surface area contributed by atoms with E-state index in [2.05, 4.69) is 4.99 Å². The van der Waals surface area contributed by atoms with Gasteiger partial charge in [0.2, 0.25) is 6.08 Å². The molecule has 0 radical (unpaired) electrons. The van der Waals surface area contributed by atoms with Crippen molar-refractivity contribution in [2.75, 3.05) is 0 Å². The van der Waals surface area contributed by atoms with E-state index in [-0.39, 0.29) is 5.56 Å². The van der Waals surface area contributed by atoms with Crippen LogP contribution < -0.4 is 0 Å². The fourth-order valence-electron chi connectivity index (χ4n) is 1.17.